The monoisotopic (exact) mass is 289 g/mol. The van der Waals surface area contributed by atoms with Crippen molar-refractivity contribution in [2.75, 3.05) is 13.1 Å². The molecule has 1 unspecified atom stereocenters. The van der Waals surface area contributed by atoms with Crippen LogP contribution in [0.5, 0.6) is 0 Å². The van der Waals surface area contributed by atoms with Crippen molar-refractivity contribution < 1.29 is 0 Å². The van der Waals surface area contributed by atoms with Crippen molar-refractivity contribution in [3.63, 3.8) is 0 Å². The zero-order valence-corrected chi connectivity index (χ0v) is 14.2. The Bertz CT molecular complexity index is 436. The zero-order chi connectivity index (χ0) is 15.3. The first kappa shape index (κ1) is 16.4. The van der Waals surface area contributed by atoms with Crippen LogP contribution in [0.1, 0.15) is 58.3 Å². The molecule has 1 atom stereocenters. The van der Waals surface area contributed by atoms with Gasteiger partial charge in [0.1, 0.15) is 0 Å². The van der Waals surface area contributed by atoms with Crippen LogP contribution in [0.2, 0.25) is 0 Å². The van der Waals surface area contributed by atoms with E-state index in [0.717, 1.165) is 24.7 Å². The lowest BCUT2D eigenvalue weighted by molar-refractivity contribution is 0.270. The highest BCUT2D eigenvalue weighted by Gasteiger charge is 2.14. The Labute approximate surface area is 130 Å². The predicted octanol–water partition coefficient (Wildman–Crippen LogP) is 3.59. The molecule has 0 saturated carbocycles. The summed E-state index contributed by atoms with van der Waals surface area (Å²) in [5.41, 5.74) is 2.49. The molecule has 1 aromatic heterocycles. The van der Waals surface area contributed by atoms with E-state index in [4.69, 9.17) is 4.98 Å². The van der Waals surface area contributed by atoms with E-state index in [-0.39, 0.29) is 5.54 Å². The van der Waals surface area contributed by atoms with Gasteiger partial charge in [-0.3, -0.25) is 9.88 Å². The fraction of sp³-hybridized carbons (Fsp3) is 0.722. The Hall–Kier alpha value is -0.930. The second kappa shape index (κ2) is 7.37. The van der Waals surface area contributed by atoms with Crippen LogP contribution in [0.25, 0.3) is 0 Å². The SMILES string of the molecule is CC1CCCN(Cc2cccc(CNC(C)(C)C)n2)CC1. The molecule has 1 N–H and O–H groups in total. The maximum absolute atomic E-state index is 4.82. The van der Waals surface area contributed by atoms with Crippen molar-refractivity contribution in [2.45, 2.75) is 65.6 Å². The minimum atomic E-state index is 0.138. The molecule has 21 heavy (non-hydrogen) atoms. The maximum atomic E-state index is 4.82. The van der Waals surface area contributed by atoms with Gasteiger partial charge in [0.15, 0.2) is 0 Å². The molecule has 1 saturated heterocycles. The van der Waals surface area contributed by atoms with Crippen LogP contribution in [0.15, 0.2) is 18.2 Å². The standard InChI is InChI=1S/C18H31N3/c1-15-7-6-11-21(12-10-15)14-17-9-5-8-16(20-17)13-19-18(2,3)4/h5,8-9,15,19H,6-7,10-14H2,1-4H3. The number of nitrogens with zero attached hydrogens (tertiary/aromatic N) is 2. The number of aromatic nitrogens is 1. The Balaban J connectivity index is 1.91. The molecule has 0 bridgehead atoms. The summed E-state index contributed by atoms with van der Waals surface area (Å²) in [5.74, 6) is 0.880. The van der Waals surface area contributed by atoms with Gasteiger partial charge in [-0.05, 0) is 71.2 Å². The van der Waals surface area contributed by atoms with E-state index in [1.165, 1.54) is 38.0 Å². The number of hydrogen-bond donors (Lipinski definition) is 1. The van der Waals surface area contributed by atoms with Crippen molar-refractivity contribution in [3.8, 4) is 0 Å². The summed E-state index contributed by atoms with van der Waals surface area (Å²) in [6.07, 6.45) is 4.02. The van der Waals surface area contributed by atoms with Gasteiger partial charge >= 0.3 is 0 Å². The molecule has 0 spiro atoms. The first-order chi connectivity index (χ1) is 9.92. The third-order valence-corrected chi connectivity index (χ3v) is 4.16. The Morgan fingerprint density at radius 1 is 1.19 bits per heavy atom. The lowest BCUT2D eigenvalue weighted by Crippen LogP contribution is -2.35. The fourth-order valence-corrected chi connectivity index (χ4v) is 2.78. The van der Waals surface area contributed by atoms with Crippen molar-refractivity contribution in [1.29, 1.82) is 0 Å². The van der Waals surface area contributed by atoms with Gasteiger partial charge in [-0.2, -0.15) is 0 Å². The van der Waals surface area contributed by atoms with Crippen LogP contribution in [-0.2, 0) is 13.1 Å². The zero-order valence-electron chi connectivity index (χ0n) is 14.2. The lowest BCUT2D eigenvalue weighted by Gasteiger charge is -2.21. The maximum Gasteiger partial charge on any atom is 0.0547 e. The summed E-state index contributed by atoms with van der Waals surface area (Å²) < 4.78 is 0. The van der Waals surface area contributed by atoms with Crippen LogP contribution in [0.3, 0.4) is 0 Å². The normalized spacial score (nSPS) is 21.2. The third-order valence-electron chi connectivity index (χ3n) is 4.16. The van der Waals surface area contributed by atoms with Crippen molar-refractivity contribution >= 4 is 0 Å². The molecule has 1 aliphatic rings. The largest absolute Gasteiger partial charge is 0.306 e. The Morgan fingerprint density at radius 3 is 2.71 bits per heavy atom. The molecule has 3 nitrogen and oxygen atoms in total. The van der Waals surface area contributed by atoms with Crippen molar-refractivity contribution in [1.82, 2.24) is 15.2 Å². The van der Waals surface area contributed by atoms with Gasteiger partial charge in [0.2, 0.25) is 0 Å². The molecule has 0 radical (unpaired) electrons. The van der Waals surface area contributed by atoms with E-state index < -0.39 is 0 Å². The Morgan fingerprint density at radius 2 is 1.95 bits per heavy atom. The average Bonchev–Trinajstić information content (AvgIpc) is 2.61. The Kier molecular flexibility index (Phi) is 5.77. The minimum absolute atomic E-state index is 0.138. The van der Waals surface area contributed by atoms with E-state index in [1.54, 1.807) is 0 Å². The number of likely N-dealkylation sites (tertiary alicyclic amines) is 1. The predicted molar refractivity (Wildman–Crippen MR) is 89.1 cm³/mol. The van der Waals surface area contributed by atoms with E-state index in [1.807, 2.05) is 0 Å². The highest BCUT2D eigenvalue weighted by atomic mass is 15.1. The minimum Gasteiger partial charge on any atom is -0.306 e. The van der Waals surface area contributed by atoms with E-state index >= 15 is 0 Å². The van der Waals surface area contributed by atoms with Crippen molar-refractivity contribution in [3.05, 3.63) is 29.6 Å². The van der Waals surface area contributed by atoms with Crippen LogP contribution in [0, 0.1) is 5.92 Å². The van der Waals surface area contributed by atoms with Gasteiger partial charge in [0.25, 0.3) is 0 Å². The molecule has 1 fully saturated rings. The second-order valence-corrected chi connectivity index (χ2v) is 7.54. The smallest absolute Gasteiger partial charge is 0.0547 e. The van der Waals surface area contributed by atoms with E-state index in [0.29, 0.717) is 0 Å². The quantitative estimate of drug-likeness (QED) is 0.918. The van der Waals surface area contributed by atoms with Gasteiger partial charge in [-0.15, -0.1) is 0 Å². The van der Waals surface area contributed by atoms with Crippen LogP contribution < -0.4 is 5.32 Å². The molecule has 3 heteroatoms. The number of nitrogens with one attached hydrogen (secondary N) is 1. The molecule has 0 aliphatic carbocycles. The molecule has 2 heterocycles. The summed E-state index contributed by atoms with van der Waals surface area (Å²) in [4.78, 5) is 7.38. The summed E-state index contributed by atoms with van der Waals surface area (Å²) in [7, 11) is 0. The van der Waals surface area contributed by atoms with Crippen LogP contribution in [-0.4, -0.2) is 28.5 Å². The first-order valence-corrected chi connectivity index (χ1v) is 8.34. The molecule has 0 aromatic carbocycles. The molecule has 0 amide bonds. The molecule has 1 aromatic rings. The number of hydrogen-bond acceptors (Lipinski definition) is 3. The van der Waals surface area contributed by atoms with E-state index in [9.17, 15) is 0 Å². The molecule has 2 rings (SSSR count). The van der Waals surface area contributed by atoms with E-state index in [2.05, 4.69) is 56.1 Å². The van der Waals surface area contributed by atoms with Crippen LogP contribution >= 0.6 is 0 Å². The lowest BCUT2D eigenvalue weighted by atomic mass is 10.0. The summed E-state index contributed by atoms with van der Waals surface area (Å²) >= 11 is 0. The molecular weight excluding hydrogens is 258 g/mol. The number of rotatable bonds is 4. The van der Waals surface area contributed by atoms with Gasteiger partial charge in [-0.1, -0.05) is 13.0 Å². The first-order valence-electron chi connectivity index (χ1n) is 8.34. The average molecular weight is 289 g/mol. The fourth-order valence-electron chi connectivity index (χ4n) is 2.78. The summed E-state index contributed by atoms with van der Waals surface area (Å²) in [6.45, 7) is 13.2. The van der Waals surface area contributed by atoms with Gasteiger partial charge in [0, 0.05) is 18.6 Å². The topological polar surface area (TPSA) is 28.2 Å². The molecular formula is C18H31N3. The highest BCUT2D eigenvalue weighted by molar-refractivity contribution is 5.11. The summed E-state index contributed by atoms with van der Waals surface area (Å²) in [5, 5.41) is 3.51. The van der Waals surface area contributed by atoms with Crippen LogP contribution in [0.4, 0.5) is 0 Å². The van der Waals surface area contributed by atoms with Gasteiger partial charge in [-0.25, -0.2) is 0 Å². The number of pyridine rings is 1. The van der Waals surface area contributed by atoms with Gasteiger partial charge in [0.05, 0.1) is 11.4 Å². The summed E-state index contributed by atoms with van der Waals surface area (Å²) in [6, 6.07) is 6.42. The third kappa shape index (κ3) is 6.15. The van der Waals surface area contributed by atoms with Crippen molar-refractivity contribution in [2.24, 2.45) is 5.92 Å². The molecule has 1 aliphatic heterocycles. The highest BCUT2D eigenvalue weighted by Crippen LogP contribution is 2.17. The second-order valence-electron chi connectivity index (χ2n) is 7.54. The van der Waals surface area contributed by atoms with Gasteiger partial charge < -0.3 is 5.32 Å². The molecule has 118 valence electrons.